The number of halogens is 1. The van der Waals surface area contributed by atoms with E-state index in [0.717, 1.165) is 35.7 Å². The summed E-state index contributed by atoms with van der Waals surface area (Å²) in [7, 11) is 0. The largest absolute Gasteiger partial charge is 0.320 e. The van der Waals surface area contributed by atoms with Gasteiger partial charge in [0.1, 0.15) is 5.82 Å². The zero-order valence-electron chi connectivity index (χ0n) is 18.7. The first kappa shape index (κ1) is 22.5. The number of nitrogens with one attached hydrogen (secondary N) is 3. The lowest BCUT2D eigenvalue weighted by molar-refractivity contribution is -0.118. The normalized spacial score (nSPS) is 14.1. The van der Waals surface area contributed by atoms with E-state index in [1.54, 1.807) is 6.07 Å². The summed E-state index contributed by atoms with van der Waals surface area (Å²) in [6.45, 7) is 7.36. The van der Waals surface area contributed by atoms with Crippen molar-refractivity contribution in [3.63, 3.8) is 0 Å². The zero-order chi connectivity index (χ0) is 23.5. The van der Waals surface area contributed by atoms with Crippen LogP contribution in [0.5, 0.6) is 0 Å². The number of hydrogen-bond donors (Lipinski definition) is 3. The second-order valence-corrected chi connectivity index (χ2v) is 8.71. The van der Waals surface area contributed by atoms with Crippen LogP contribution in [0.3, 0.4) is 0 Å². The van der Waals surface area contributed by atoms with Gasteiger partial charge in [-0.25, -0.2) is 4.39 Å². The molecule has 3 N–H and O–H groups in total. The molecule has 0 bridgehead atoms. The van der Waals surface area contributed by atoms with E-state index in [2.05, 4.69) is 27.4 Å². The van der Waals surface area contributed by atoms with Gasteiger partial charge in [0, 0.05) is 17.7 Å². The maximum atomic E-state index is 14.5. The topological polar surface area (TPSA) is 86.9 Å². The third-order valence-electron chi connectivity index (χ3n) is 5.81. The Morgan fingerprint density at radius 3 is 2.55 bits per heavy atom. The Morgan fingerprint density at radius 2 is 1.88 bits per heavy atom. The molecule has 1 fully saturated rings. The average Bonchev–Trinajstić information content (AvgIpc) is 3.54. The van der Waals surface area contributed by atoms with E-state index in [1.165, 1.54) is 12.1 Å². The molecule has 1 aliphatic rings. The predicted molar refractivity (Wildman–Crippen MR) is 127 cm³/mol. The summed E-state index contributed by atoms with van der Waals surface area (Å²) in [5.74, 6) is -0.464. The highest BCUT2D eigenvalue weighted by molar-refractivity contribution is 5.99. The number of rotatable bonds is 8. The van der Waals surface area contributed by atoms with Gasteiger partial charge in [-0.2, -0.15) is 5.10 Å². The van der Waals surface area contributed by atoms with Gasteiger partial charge in [-0.1, -0.05) is 50.8 Å². The Kier molecular flexibility index (Phi) is 6.40. The van der Waals surface area contributed by atoms with Crippen LogP contribution in [0, 0.1) is 11.7 Å². The monoisotopic (exact) mass is 446 g/mol. The SMILES string of the molecule is C=CC(=O)Nc1ccc(-c2cccc(C(C(=O)Nc3cc(C4CC4)[nH]n3)C(C)C)c2)cc1F. The van der Waals surface area contributed by atoms with E-state index in [4.69, 9.17) is 0 Å². The number of aromatic nitrogens is 2. The van der Waals surface area contributed by atoms with E-state index >= 15 is 0 Å². The van der Waals surface area contributed by atoms with Gasteiger partial charge in [0.2, 0.25) is 11.8 Å². The molecule has 170 valence electrons. The molecule has 0 spiro atoms. The van der Waals surface area contributed by atoms with Gasteiger partial charge in [-0.3, -0.25) is 14.7 Å². The third-order valence-corrected chi connectivity index (χ3v) is 5.81. The summed E-state index contributed by atoms with van der Waals surface area (Å²) in [4.78, 5) is 24.6. The van der Waals surface area contributed by atoms with Crippen LogP contribution < -0.4 is 10.6 Å². The molecule has 0 aliphatic heterocycles. The molecule has 4 rings (SSSR count). The number of H-pyrrole nitrogens is 1. The molecule has 1 aromatic heterocycles. The number of carbonyl (C=O) groups is 2. The first-order chi connectivity index (χ1) is 15.9. The Labute approximate surface area is 192 Å². The minimum Gasteiger partial charge on any atom is -0.320 e. The maximum absolute atomic E-state index is 14.5. The molecule has 1 heterocycles. The first-order valence-corrected chi connectivity index (χ1v) is 11.0. The minimum atomic E-state index is -0.545. The van der Waals surface area contributed by atoms with Crippen LogP contribution in [0.15, 0.2) is 61.2 Å². The molecule has 7 heteroatoms. The van der Waals surface area contributed by atoms with Crippen molar-refractivity contribution in [2.75, 3.05) is 10.6 Å². The fourth-order valence-electron chi connectivity index (χ4n) is 3.94. The highest BCUT2D eigenvalue weighted by atomic mass is 19.1. The summed E-state index contributed by atoms with van der Waals surface area (Å²) in [6.07, 6.45) is 3.39. The Hall–Kier alpha value is -3.74. The van der Waals surface area contributed by atoms with Gasteiger partial charge < -0.3 is 10.6 Å². The van der Waals surface area contributed by atoms with Gasteiger partial charge in [-0.05, 0) is 53.7 Å². The Balaban J connectivity index is 1.56. The lowest BCUT2D eigenvalue weighted by Gasteiger charge is -2.21. The average molecular weight is 447 g/mol. The van der Waals surface area contributed by atoms with Gasteiger partial charge in [0.15, 0.2) is 5.82 Å². The van der Waals surface area contributed by atoms with E-state index in [1.807, 2.05) is 44.2 Å². The summed E-state index contributed by atoms with van der Waals surface area (Å²) in [5, 5.41) is 12.6. The van der Waals surface area contributed by atoms with Gasteiger partial charge in [0.05, 0.1) is 11.6 Å². The molecular weight excluding hydrogens is 419 g/mol. The highest BCUT2D eigenvalue weighted by Gasteiger charge is 2.28. The van der Waals surface area contributed by atoms with Crippen molar-refractivity contribution in [3.8, 4) is 11.1 Å². The zero-order valence-corrected chi connectivity index (χ0v) is 18.7. The molecule has 1 aliphatic carbocycles. The summed E-state index contributed by atoms with van der Waals surface area (Å²) < 4.78 is 14.5. The molecule has 3 aromatic rings. The van der Waals surface area contributed by atoms with Crippen molar-refractivity contribution < 1.29 is 14.0 Å². The maximum Gasteiger partial charge on any atom is 0.247 e. The van der Waals surface area contributed by atoms with Crippen molar-refractivity contribution in [2.24, 2.45) is 5.92 Å². The molecule has 33 heavy (non-hydrogen) atoms. The molecule has 1 unspecified atom stereocenters. The van der Waals surface area contributed by atoms with E-state index in [9.17, 15) is 14.0 Å². The minimum absolute atomic E-state index is 0.0373. The molecular formula is C26H27FN4O2. The second-order valence-electron chi connectivity index (χ2n) is 8.71. The lowest BCUT2D eigenvalue weighted by Crippen LogP contribution is -2.25. The molecule has 0 saturated heterocycles. The molecule has 6 nitrogen and oxygen atoms in total. The van der Waals surface area contributed by atoms with Crippen molar-refractivity contribution in [1.82, 2.24) is 10.2 Å². The third kappa shape index (κ3) is 5.19. The summed E-state index contributed by atoms with van der Waals surface area (Å²) >= 11 is 0. The number of aromatic amines is 1. The smallest absolute Gasteiger partial charge is 0.247 e. The van der Waals surface area contributed by atoms with Crippen molar-refractivity contribution in [2.45, 2.75) is 38.5 Å². The molecule has 0 radical (unpaired) electrons. The fourth-order valence-corrected chi connectivity index (χ4v) is 3.94. The quantitative estimate of drug-likeness (QED) is 0.394. The number of hydrogen-bond acceptors (Lipinski definition) is 3. The number of anilines is 2. The fraction of sp³-hybridized carbons (Fsp3) is 0.269. The highest BCUT2D eigenvalue weighted by Crippen LogP contribution is 2.39. The number of benzene rings is 2. The predicted octanol–water partition coefficient (Wildman–Crippen LogP) is 5.60. The van der Waals surface area contributed by atoms with E-state index < -0.39 is 17.6 Å². The number of amides is 2. The molecule has 2 amide bonds. The van der Waals surface area contributed by atoms with Crippen LogP contribution in [0.2, 0.25) is 0 Å². The Morgan fingerprint density at radius 1 is 1.12 bits per heavy atom. The first-order valence-electron chi connectivity index (χ1n) is 11.0. The van der Waals surface area contributed by atoms with Crippen LogP contribution in [0.25, 0.3) is 11.1 Å². The molecule has 2 aromatic carbocycles. The molecule has 1 saturated carbocycles. The van der Waals surface area contributed by atoms with Crippen LogP contribution in [-0.4, -0.2) is 22.0 Å². The van der Waals surface area contributed by atoms with Gasteiger partial charge in [-0.15, -0.1) is 0 Å². The van der Waals surface area contributed by atoms with E-state index in [0.29, 0.717) is 17.3 Å². The van der Waals surface area contributed by atoms with Gasteiger partial charge >= 0.3 is 0 Å². The van der Waals surface area contributed by atoms with Crippen LogP contribution in [0.4, 0.5) is 15.9 Å². The second kappa shape index (κ2) is 9.40. The molecule has 1 atom stereocenters. The standard InChI is InChI=1S/C26H27FN4O2/c1-4-24(32)28-21-11-10-18(13-20(21)27)17-6-5-7-19(12-17)25(15(2)3)26(33)29-23-14-22(30-31-23)16-8-9-16/h4-7,10-16,25H,1,8-9H2,2-3H3,(H,28,32)(H2,29,30,31,33). The number of nitrogens with zero attached hydrogens (tertiary/aromatic N) is 1. The van der Waals surface area contributed by atoms with Gasteiger partial charge in [0.25, 0.3) is 0 Å². The summed E-state index contributed by atoms with van der Waals surface area (Å²) in [6, 6.07) is 14.0. The van der Waals surface area contributed by atoms with Crippen LogP contribution in [-0.2, 0) is 9.59 Å². The van der Waals surface area contributed by atoms with Crippen LogP contribution >= 0.6 is 0 Å². The van der Waals surface area contributed by atoms with Crippen molar-refractivity contribution >= 4 is 23.3 Å². The van der Waals surface area contributed by atoms with Crippen LogP contribution in [0.1, 0.15) is 49.8 Å². The van der Waals surface area contributed by atoms with Crippen molar-refractivity contribution in [3.05, 3.63) is 78.3 Å². The van der Waals surface area contributed by atoms with Crippen molar-refractivity contribution in [1.29, 1.82) is 0 Å². The Bertz CT molecular complexity index is 1200. The lowest BCUT2D eigenvalue weighted by atomic mass is 9.86. The van der Waals surface area contributed by atoms with E-state index in [-0.39, 0.29) is 17.5 Å². The number of carbonyl (C=O) groups excluding carboxylic acids is 2. The summed E-state index contributed by atoms with van der Waals surface area (Å²) in [5.41, 5.74) is 3.41.